The summed E-state index contributed by atoms with van der Waals surface area (Å²) in [5.74, 6) is -1.99. The lowest BCUT2D eigenvalue weighted by Crippen LogP contribution is -2.33. The number of carbonyl (C=O) groups is 3. The molecule has 0 saturated carbocycles. The van der Waals surface area contributed by atoms with Crippen molar-refractivity contribution in [2.45, 2.75) is 6.42 Å². The molecule has 1 aromatic carbocycles. The van der Waals surface area contributed by atoms with Crippen LogP contribution in [-0.2, 0) is 23.1 Å². The molecule has 0 N–H and O–H groups in total. The summed E-state index contributed by atoms with van der Waals surface area (Å²) in [6, 6.07) is 7.97. The van der Waals surface area contributed by atoms with E-state index in [2.05, 4.69) is 5.10 Å². The first-order chi connectivity index (χ1) is 10.1. The minimum absolute atomic E-state index is 0.117. The Kier molecular flexibility index (Phi) is 3.02. The van der Waals surface area contributed by atoms with Crippen LogP contribution in [0, 0.1) is 0 Å². The third kappa shape index (κ3) is 2.29. The SMILES string of the molecule is Cn1ccc(CC(=O)ON2C(=O)c3ccccc3C2=O)n1. The normalized spacial score (nSPS) is 13.5. The van der Waals surface area contributed by atoms with Crippen molar-refractivity contribution in [3.8, 4) is 0 Å². The second kappa shape index (κ2) is 4.86. The summed E-state index contributed by atoms with van der Waals surface area (Å²) in [5, 5.41) is 4.53. The average Bonchev–Trinajstić information content (AvgIpc) is 2.97. The van der Waals surface area contributed by atoms with E-state index in [1.165, 1.54) is 12.1 Å². The second-order valence-electron chi connectivity index (χ2n) is 4.57. The highest BCUT2D eigenvalue weighted by molar-refractivity contribution is 6.20. The van der Waals surface area contributed by atoms with Gasteiger partial charge in [-0.1, -0.05) is 17.2 Å². The van der Waals surface area contributed by atoms with Crippen molar-refractivity contribution in [2.24, 2.45) is 7.05 Å². The van der Waals surface area contributed by atoms with Gasteiger partial charge in [-0.25, -0.2) is 4.79 Å². The van der Waals surface area contributed by atoms with E-state index in [4.69, 9.17) is 4.84 Å². The van der Waals surface area contributed by atoms with Gasteiger partial charge in [-0.2, -0.15) is 5.10 Å². The van der Waals surface area contributed by atoms with Crippen LogP contribution in [0.2, 0.25) is 0 Å². The lowest BCUT2D eigenvalue weighted by molar-refractivity contribution is -0.167. The number of nitrogens with zero attached hydrogens (tertiary/aromatic N) is 3. The standard InChI is InChI=1S/C14H11N3O4/c1-16-7-6-9(15-16)8-12(18)21-17-13(19)10-4-2-3-5-11(10)14(17)20/h2-7H,8H2,1H3. The number of aromatic nitrogens is 2. The molecule has 21 heavy (non-hydrogen) atoms. The van der Waals surface area contributed by atoms with Crippen molar-refractivity contribution >= 4 is 17.8 Å². The van der Waals surface area contributed by atoms with Crippen LogP contribution >= 0.6 is 0 Å². The zero-order valence-corrected chi connectivity index (χ0v) is 11.1. The van der Waals surface area contributed by atoms with E-state index in [9.17, 15) is 14.4 Å². The zero-order chi connectivity index (χ0) is 15.0. The van der Waals surface area contributed by atoms with Crippen LogP contribution in [0.5, 0.6) is 0 Å². The lowest BCUT2D eigenvalue weighted by atomic mass is 10.1. The van der Waals surface area contributed by atoms with Crippen LogP contribution in [0.1, 0.15) is 26.4 Å². The van der Waals surface area contributed by atoms with Crippen LogP contribution in [-0.4, -0.2) is 32.6 Å². The van der Waals surface area contributed by atoms with Gasteiger partial charge in [0.1, 0.15) is 0 Å². The predicted molar refractivity (Wildman–Crippen MR) is 69.9 cm³/mol. The Morgan fingerprint density at radius 1 is 1.14 bits per heavy atom. The number of amides is 2. The van der Waals surface area contributed by atoms with Gasteiger partial charge in [0.15, 0.2) is 0 Å². The van der Waals surface area contributed by atoms with E-state index < -0.39 is 17.8 Å². The van der Waals surface area contributed by atoms with E-state index in [0.29, 0.717) is 10.8 Å². The Hall–Kier alpha value is -2.96. The largest absolute Gasteiger partial charge is 0.339 e. The zero-order valence-electron chi connectivity index (χ0n) is 11.1. The number of hydroxylamine groups is 2. The Balaban J connectivity index is 1.73. The number of imide groups is 1. The topological polar surface area (TPSA) is 81.5 Å². The predicted octanol–water partition coefficient (Wildman–Crippen LogP) is 0.717. The molecule has 106 valence electrons. The van der Waals surface area contributed by atoms with Gasteiger partial charge in [0.25, 0.3) is 11.8 Å². The number of hydrogen-bond acceptors (Lipinski definition) is 5. The molecule has 0 radical (unpaired) electrons. The first-order valence-corrected chi connectivity index (χ1v) is 6.23. The minimum Gasteiger partial charge on any atom is -0.329 e. The molecule has 1 aromatic heterocycles. The van der Waals surface area contributed by atoms with Crippen molar-refractivity contribution in [2.75, 3.05) is 0 Å². The van der Waals surface area contributed by atoms with E-state index in [1.807, 2.05) is 0 Å². The van der Waals surface area contributed by atoms with E-state index in [-0.39, 0.29) is 17.5 Å². The Morgan fingerprint density at radius 3 is 2.29 bits per heavy atom. The van der Waals surface area contributed by atoms with Crippen molar-refractivity contribution < 1.29 is 19.2 Å². The molecule has 7 nitrogen and oxygen atoms in total. The highest BCUT2D eigenvalue weighted by atomic mass is 16.7. The van der Waals surface area contributed by atoms with Crippen molar-refractivity contribution in [3.05, 3.63) is 53.3 Å². The highest BCUT2D eigenvalue weighted by Gasteiger charge is 2.38. The molecule has 1 aliphatic rings. The summed E-state index contributed by atoms with van der Waals surface area (Å²) >= 11 is 0. The summed E-state index contributed by atoms with van der Waals surface area (Å²) < 4.78 is 1.55. The second-order valence-corrected chi connectivity index (χ2v) is 4.57. The average molecular weight is 285 g/mol. The first-order valence-electron chi connectivity index (χ1n) is 6.23. The maximum Gasteiger partial charge on any atom is 0.339 e. The molecule has 2 heterocycles. The van der Waals surface area contributed by atoms with Gasteiger partial charge in [-0.3, -0.25) is 14.3 Å². The van der Waals surface area contributed by atoms with Gasteiger partial charge < -0.3 is 4.84 Å². The van der Waals surface area contributed by atoms with E-state index >= 15 is 0 Å². The number of aryl methyl sites for hydroxylation is 1. The van der Waals surface area contributed by atoms with Crippen LogP contribution < -0.4 is 0 Å². The summed E-state index contributed by atoms with van der Waals surface area (Å²) in [4.78, 5) is 40.7. The summed E-state index contributed by atoms with van der Waals surface area (Å²) in [6.07, 6.45) is 1.57. The molecule has 0 saturated heterocycles. The smallest absolute Gasteiger partial charge is 0.329 e. The highest BCUT2D eigenvalue weighted by Crippen LogP contribution is 2.22. The molecular weight excluding hydrogens is 274 g/mol. The quantitative estimate of drug-likeness (QED) is 0.776. The maximum atomic E-state index is 12.0. The van der Waals surface area contributed by atoms with Crippen LogP contribution in [0.3, 0.4) is 0 Å². The fraction of sp³-hybridized carbons (Fsp3) is 0.143. The molecule has 0 aliphatic carbocycles. The van der Waals surface area contributed by atoms with Gasteiger partial charge >= 0.3 is 5.97 Å². The Bertz CT molecular complexity index is 715. The number of benzene rings is 1. The number of rotatable bonds is 3. The van der Waals surface area contributed by atoms with Crippen molar-refractivity contribution in [3.63, 3.8) is 0 Å². The van der Waals surface area contributed by atoms with Gasteiger partial charge in [0.05, 0.1) is 23.2 Å². The Morgan fingerprint density at radius 2 is 1.76 bits per heavy atom. The van der Waals surface area contributed by atoms with Gasteiger partial charge in [-0.15, -0.1) is 0 Å². The molecule has 0 fully saturated rings. The number of fused-ring (bicyclic) bond motifs is 1. The van der Waals surface area contributed by atoms with Gasteiger partial charge in [0, 0.05) is 13.2 Å². The summed E-state index contributed by atoms with van der Waals surface area (Å²) in [6.45, 7) is 0. The molecule has 0 unspecified atom stereocenters. The maximum absolute atomic E-state index is 12.0. The van der Waals surface area contributed by atoms with Crippen molar-refractivity contribution in [1.82, 2.24) is 14.8 Å². The third-order valence-electron chi connectivity index (χ3n) is 3.04. The van der Waals surface area contributed by atoms with Crippen molar-refractivity contribution in [1.29, 1.82) is 0 Å². The molecule has 1 aliphatic heterocycles. The van der Waals surface area contributed by atoms with Gasteiger partial charge in [0.2, 0.25) is 0 Å². The van der Waals surface area contributed by atoms with Gasteiger partial charge in [-0.05, 0) is 18.2 Å². The number of carbonyl (C=O) groups excluding carboxylic acids is 3. The van der Waals surface area contributed by atoms with E-state index in [0.717, 1.165) is 0 Å². The first kappa shape index (κ1) is 13.0. The molecule has 2 aromatic rings. The molecule has 0 bridgehead atoms. The lowest BCUT2D eigenvalue weighted by Gasteiger charge is -2.11. The fourth-order valence-corrected chi connectivity index (χ4v) is 2.09. The summed E-state index contributed by atoms with van der Waals surface area (Å²) in [5.41, 5.74) is 0.959. The molecule has 0 atom stereocenters. The van der Waals surface area contributed by atoms with Crippen LogP contribution in [0.25, 0.3) is 0 Å². The monoisotopic (exact) mass is 285 g/mol. The van der Waals surface area contributed by atoms with E-state index in [1.54, 1.807) is 36.1 Å². The molecular formula is C14H11N3O4. The fourth-order valence-electron chi connectivity index (χ4n) is 2.09. The molecule has 0 spiro atoms. The van der Waals surface area contributed by atoms with Crippen LogP contribution in [0.4, 0.5) is 0 Å². The molecule has 3 rings (SSSR count). The minimum atomic E-state index is -0.719. The number of hydrogen-bond donors (Lipinski definition) is 0. The third-order valence-corrected chi connectivity index (χ3v) is 3.04. The Labute approximate surface area is 119 Å². The molecule has 7 heteroatoms. The van der Waals surface area contributed by atoms with Crippen LogP contribution in [0.15, 0.2) is 36.5 Å². The summed E-state index contributed by atoms with van der Waals surface area (Å²) in [7, 11) is 1.72. The molecule has 2 amide bonds.